The van der Waals surface area contributed by atoms with Crippen LogP contribution >= 0.6 is 0 Å². The molecule has 0 spiro atoms. The summed E-state index contributed by atoms with van der Waals surface area (Å²) in [6.07, 6.45) is 4.09. The van der Waals surface area contributed by atoms with E-state index in [1.165, 1.54) is 18.9 Å². The molecule has 0 bridgehead atoms. The van der Waals surface area contributed by atoms with E-state index in [0.717, 1.165) is 44.4 Å². The molecule has 1 aromatic rings. The molecule has 4 rings (SSSR count). The summed E-state index contributed by atoms with van der Waals surface area (Å²) in [5.41, 5.74) is -0.738. The fourth-order valence-corrected chi connectivity index (χ4v) is 4.39. The number of piperidine rings is 1. The van der Waals surface area contributed by atoms with Crippen molar-refractivity contribution < 1.29 is 18.0 Å². The Morgan fingerprint density at radius 1 is 1.07 bits per heavy atom. The number of hydrogen-bond donors (Lipinski definition) is 0. The molecule has 1 amide bonds. The average Bonchev–Trinajstić information content (AvgIpc) is 3.49. The van der Waals surface area contributed by atoms with Crippen LogP contribution in [0.1, 0.15) is 61.0 Å². The monoisotopic (exact) mass is 376 g/mol. The first-order valence-electron chi connectivity index (χ1n) is 9.79. The highest BCUT2D eigenvalue weighted by Crippen LogP contribution is 2.40. The summed E-state index contributed by atoms with van der Waals surface area (Å²) in [6.45, 7) is 0.616. The average molecular weight is 376 g/mol. The van der Waals surface area contributed by atoms with E-state index in [-0.39, 0.29) is 17.5 Å². The summed E-state index contributed by atoms with van der Waals surface area (Å²) in [5, 5.41) is 0. The second-order valence-corrected chi connectivity index (χ2v) is 7.90. The van der Waals surface area contributed by atoms with Gasteiger partial charge < -0.3 is 4.90 Å². The minimum Gasteiger partial charge on any atom is -0.335 e. The van der Waals surface area contributed by atoms with Crippen molar-refractivity contribution in [1.29, 1.82) is 0 Å². The molecule has 3 aliphatic rings. The predicted octanol–water partition coefficient (Wildman–Crippen LogP) is 4.53. The lowest BCUT2D eigenvalue weighted by atomic mass is 9.72. The van der Waals surface area contributed by atoms with Gasteiger partial charge in [-0.2, -0.15) is 13.2 Å². The van der Waals surface area contributed by atoms with Gasteiger partial charge in [-0.3, -0.25) is 9.78 Å². The van der Waals surface area contributed by atoms with Gasteiger partial charge in [-0.15, -0.1) is 0 Å². The van der Waals surface area contributed by atoms with Gasteiger partial charge in [-0.1, -0.05) is 24.7 Å². The quantitative estimate of drug-likeness (QED) is 0.675. The van der Waals surface area contributed by atoms with Crippen molar-refractivity contribution in [3.05, 3.63) is 29.6 Å². The van der Waals surface area contributed by atoms with Crippen molar-refractivity contribution in [2.24, 2.45) is 17.8 Å². The molecule has 1 aliphatic heterocycles. The van der Waals surface area contributed by atoms with E-state index >= 15 is 0 Å². The van der Waals surface area contributed by atoms with E-state index in [1.807, 2.05) is 4.90 Å². The molecule has 3 nitrogen and oxygen atoms in total. The number of alkyl halides is 3. The van der Waals surface area contributed by atoms with Gasteiger partial charge in [0.05, 0.1) is 5.56 Å². The van der Waals surface area contributed by atoms with Crippen molar-refractivity contribution in [2.75, 3.05) is 6.54 Å². The third kappa shape index (κ3) is 3.97. The molecule has 3 fully saturated rings. The van der Waals surface area contributed by atoms with Crippen LogP contribution in [0.5, 0.6) is 0 Å². The minimum atomic E-state index is -4.49. The first-order chi connectivity index (χ1) is 12.9. The number of hydrogen-bond acceptors (Lipinski definition) is 2. The first-order valence-corrected chi connectivity index (χ1v) is 9.79. The van der Waals surface area contributed by atoms with Gasteiger partial charge in [0.1, 0.15) is 5.69 Å². The Kier molecular flexibility index (Phi) is 4.88. The van der Waals surface area contributed by atoms with Crippen LogP contribution in [0.3, 0.4) is 0 Å². The molecule has 2 aliphatic carbocycles. The molecular weight excluding hydrogens is 353 g/mol. The van der Waals surface area contributed by atoms with Crippen LogP contribution in [0.4, 0.5) is 13.2 Å². The third-order valence-electron chi connectivity index (χ3n) is 5.99. The number of nitrogens with zero attached hydrogens (tertiary/aromatic N) is 2. The minimum absolute atomic E-state index is 0.140. The second kappa shape index (κ2) is 7.18. The lowest BCUT2D eigenvalue weighted by molar-refractivity contribution is -0.141. The summed E-state index contributed by atoms with van der Waals surface area (Å²) in [4.78, 5) is 18.3. The molecule has 0 N–H and O–H groups in total. The molecule has 6 heteroatoms. The molecule has 0 radical (unpaired) electrons. The highest BCUT2D eigenvalue weighted by molar-refractivity contribution is 5.94. The largest absolute Gasteiger partial charge is 0.433 e. The summed E-state index contributed by atoms with van der Waals surface area (Å²) in [7, 11) is 0. The Labute approximate surface area is 157 Å². The number of pyridine rings is 1. The number of halogens is 3. The molecule has 1 aromatic heterocycles. The number of likely N-dealkylation sites (tertiary alicyclic amines) is 1. The van der Waals surface area contributed by atoms with Crippen molar-refractivity contribution >= 4 is 5.91 Å². The predicted molar refractivity (Wildman–Crippen MR) is 94.6 cm³/mol. The van der Waals surface area contributed by atoms with Gasteiger partial charge in [0.15, 0.2) is 0 Å². The van der Waals surface area contributed by atoms with Crippen LogP contribution in [-0.4, -0.2) is 28.4 Å². The van der Waals surface area contributed by atoms with Crippen LogP contribution in [0.2, 0.25) is 0 Å². The zero-order valence-electron chi connectivity index (χ0n) is 15.1. The summed E-state index contributed by atoms with van der Waals surface area (Å²) in [6, 6.07) is 2.27. The van der Waals surface area contributed by atoms with Crippen LogP contribution in [0.25, 0.3) is 0 Å². The van der Waals surface area contributed by atoms with Gasteiger partial charge >= 0.3 is 6.18 Å². The molecule has 144 valence electrons. The summed E-state index contributed by atoms with van der Waals surface area (Å²) < 4.78 is 38.1. The number of carbonyl (C=O) groups excluding carboxylic acids is 1. The van der Waals surface area contributed by atoms with E-state index in [0.29, 0.717) is 24.3 Å². The summed E-state index contributed by atoms with van der Waals surface area (Å²) in [5.74, 6) is 7.95. The summed E-state index contributed by atoms with van der Waals surface area (Å²) >= 11 is 0. The van der Waals surface area contributed by atoms with E-state index in [4.69, 9.17) is 0 Å². The number of fused-ring (bicyclic) bond motifs is 1. The number of carbonyl (C=O) groups is 1. The Hall–Kier alpha value is -2.03. The Morgan fingerprint density at radius 2 is 1.85 bits per heavy atom. The number of amides is 1. The second-order valence-electron chi connectivity index (χ2n) is 7.90. The number of aromatic nitrogens is 1. The van der Waals surface area contributed by atoms with Crippen LogP contribution in [0, 0.1) is 29.6 Å². The van der Waals surface area contributed by atoms with E-state index in [1.54, 1.807) is 0 Å². The topological polar surface area (TPSA) is 33.2 Å². The van der Waals surface area contributed by atoms with Crippen molar-refractivity contribution in [3.63, 3.8) is 0 Å². The Morgan fingerprint density at radius 3 is 2.52 bits per heavy atom. The van der Waals surface area contributed by atoms with Crippen molar-refractivity contribution in [2.45, 2.75) is 57.2 Å². The zero-order chi connectivity index (χ0) is 19.0. The van der Waals surface area contributed by atoms with Gasteiger partial charge in [0.2, 0.25) is 0 Å². The van der Waals surface area contributed by atoms with Gasteiger partial charge in [0.25, 0.3) is 5.91 Å². The fourth-order valence-electron chi connectivity index (χ4n) is 4.39. The maximum Gasteiger partial charge on any atom is 0.433 e. The van der Waals surface area contributed by atoms with Gasteiger partial charge in [-0.05, 0) is 50.2 Å². The van der Waals surface area contributed by atoms with E-state index in [9.17, 15) is 18.0 Å². The maximum absolute atomic E-state index is 13.0. The molecule has 27 heavy (non-hydrogen) atoms. The lowest BCUT2D eigenvalue weighted by Crippen LogP contribution is -2.52. The molecule has 0 unspecified atom stereocenters. The Bertz CT molecular complexity index is 758. The highest BCUT2D eigenvalue weighted by atomic mass is 19.4. The highest BCUT2D eigenvalue weighted by Gasteiger charge is 2.41. The molecule has 0 aromatic carbocycles. The van der Waals surface area contributed by atoms with Gasteiger partial charge in [0, 0.05) is 30.6 Å². The van der Waals surface area contributed by atoms with E-state index < -0.39 is 11.9 Å². The molecular formula is C21H23F3N2O. The SMILES string of the molecule is O=C(c1ccc(C(F)(F)F)nc1)N1CC[C@H](C#CC2CC2)[C@H]2CCCC[C@H]21. The molecule has 1 saturated heterocycles. The van der Waals surface area contributed by atoms with Gasteiger partial charge in [-0.25, -0.2) is 0 Å². The first kappa shape index (κ1) is 18.3. The van der Waals surface area contributed by atoms with E-state index in [2.05, 4.69) is 16.8 Å². The fraction of sp³-hybridized carbons (Fsp3) is 0.619. The normalized spacial score (nSPS) is 28.1. The Balaban J connectivity index is 1.51. The third-order valence-corrected chi connectivity index (χ3v) is 5.99. The van der Waals surface area contributed by atoms with Crippen LogP contribution < -0.4 is 0 Å². The van der Waals surface area contributed by atoms with Crippen molar-refractivity contribution in [3.8, 4) is 11.8 Å². The molecule has 3 atom stereocenters. The smallest absolute Gasteiger partial charge is 0.335 e. The maximum atomic E-state index is 13.0. The van der Waals surface area contributed by atoms with Crippen LogP contribution in [0.15, 0.2) is 18.3 Å². The zero-order valence-corrected chi connectivity index (χ0v) is 15.1. The standard InChI is InChI=1S/C21H23F3N2O/c22-21(23,24)19-10-9-16(13-25-19)20(27)26-12-11-15(8-7-14-5-6-14)17-3-1-2-4-18(17)26/h9-10,13-15,17-18H,1-6,11-12H2/t15-,17+,18+/m0/s1. The van der Waals surface area contributed by atoms with Crippen molar-refractivity contribution in [1.82, 2.24) is 9.88 Å². The lowest BCUT2D eigenvalue weighted by Gasteiger charge is -2.46. The molecule has 2 saturated carbocycles. The molecule has 2 heterocycles. The van der Waals surface area contributed by atoms with Crippen LogP contribution in [-0.2, 0) is 6.18 Å². The number of rotatable bonds is 1.